The minimum Gasteiger partial charge on any atom is -0.328 e. The van der Waals surface area contributed by atoms with Gasteiger partial charge in [-0.25, -0.2) is 10.5 Å². The van der Waals surface area contributed by atoms with Crippen molar-refractivity contribution >= 4 is 17.7 Å². The van der Waals surface area contributed by atoms with Crippen LogP contribution < -0.4 is 10.9 Å². The molecular formula is C27H41N5O4. The van der Waals surface area contributed by atoms with Gasteiger partial charge in [0.05, 0.1) is 18.2 Å². The van der Waals surface area contributed by atoms with Crippen LogP contribution in [-0.4, -0.2) is 44.0 Å². The molecule has 9 heteroatoms. The van der Waals surface area contributed by atoms with Crippen molar-refractivity contribution in [2.45, 2.75) is 66.3 Å². The van der Waals surface area contributed by atoms with Crippen molar-refractivity contribution in [1.29, 1.82) is 0 Å². The molecule has 1 heterocycles. The maximum atomic E-state index is 13.6. The van der Waals surface area contributed by atoms with Crippen LogP contribution in [0.3, 0.4) is 0 Å². The Labute approximate surface area is 214 Å². The third kappa shape index (κ3) is 9.45. The van der Waals surface area contributed by atoms with Crippen LogP contribution in [0.4, 0.5) is 0 Å². The van der Waals surface area contributed by atoms with Gasteiger partial charge in [0.25, 0.3) is 5.91 Å². The Balaban J connectivity index is 2.19. The van der Waals surface area contributed by atoms with Crippen LogP contribution in [0.25, 0.3) is 0 Å². The van der Waals surface area contributed by atoms with E-state index in [2.05, 4.69) is 10.4 Å². The van der Waals surface area contributed by atoms with Gasteiger partial charge >= 0.3 is 0 Å². The average Bonchev–Trinajstić information content (AvgIpc) is 3.38. The van der Waals surface area contributed by atoms with Crippen molar-refractivity contribution in [3.8, 4) is 0 Å². The van der Waals surface area contributed by atoms with Gasteiger partial charge in [0.1, 0.15) is 6.54 Å². The highest BCUT2D eigenvalue weighted by Gasteiger charge is 2.35. The third-order valence-electron chi connectivity index (χ3n) is 6.43. The Hall–Kier alpha value is -3.20. The zero-order valence-electron chi connectivity index (χ0n) is 21.9. The van der Waals surface area contributed by atoms with Crippen LogP contribution in [-0.2, 0) is 27.3 Å². The zero-order valence-corrected chi connectivity index (χ0v) is 21.9. The first-order chi connectivity index (χ1) is 17.2. The van der Waals surface area contributed by atoms with Crippen LogP contribution in [0.15, 0.2) is 49.1 Å². The summed E-state index contributed by atoms with van der Waals surface area (Å²) in [5.41, 5.74) is 5.73. The number of benzene rings is 1. The van der Waals surface area contributed by atoms with Crippen molar-refractivity contribution in [1.82, 2.24) is 25.5 Å². The largest absolute Gasteiger partial charge is 0.328 e. The number of hydrazine groups is 1. The predicted octanol–water partition coefficient (Wildman–Crippen LogP) is 3.60. The Kier molecular flexibility index (Phi) is 12.1. The molecule has 0 aliphatic heterocycles. The lowest BCUT2D eigenvalue weighted by Gasteiger charge is -2.31. The second-order valence-corrected chi connectivity index (χ2v) is 9.93. The smallest absolute Gasteiger partial charge is 0.260 e. The number of nitrogens with zero attached hydrogens (tertiary/aromatic N) is 3. The molecule has 0 saturated heterocycles. The number of aryl methyl sites for hydroxylation is 1. The summed E-state index contributed by atoms with van der Waals surface area (Å²) < 4.78 is 1.65. The lowest BCUT2D eigenvalue weighted by molar-refractivity contribution is -0.148. The molecular weight excluding hydrogens is 458 g/mol. The molecule has 3 amide bonds. The lowest BCUT2D eigenvalue weighted by atomic mass is 9.81. The summed E-state index contributed by atoms with van der Waals surface area (Å²) in [6.07, 6.45) is 8.00. The van der Waals surface area contributed by atoms with E-state index in [1.54, 1.807) is 28.8 Å². The van der Waals surface area contributed by atoms with Crippen molar-refractivity contribution < 1.29 is 19.6 Å². The molecule has 36 heavy (non-hydrogen) atoms. The van der Waals surface area contributed by atoms with Gasteiger partial charge in [-0.1, -0.05) is 64.4 Å². The summed E-state index contributed by atoms with van der Waals surface area (Å²) in [5, 5.41) is 10.8. The normalized spacial score (nSPS) is 13.6. The number of carbonyl (C=O) groups is 3. The molecule has 9 nitrogen and oxygen atoms in total. The molecule has 1 aromatic heterocycles. The van der Waals surface area contributed by atoms with Gasteiger partial charge in [-0.15, -0.1) is 0 Å². The fraction of sp³-hybridized carbons (Fsp3) is 0.556. The van der Waals surface area contributed by atoms with Crippen molar-refractivity contribution in [2.75, 3.05) is 6.54 Å². The summed E-state index contributed by atoms with van der Waals surface area (Å²) >= 11 is 0. The molecule has 2 aromatic rings. The molecule has 0 unspecified atom stereocenters. The number of hydroxylamine groups is 1. The van der Waals surface area contributed by atoms with E-state index in [1.807, 2.05) is 58.0 Å². The van der Waals surface area contributed by atoms with E-state index >= 15 is 0 Å². The number of nitrogens with one attached hydrogen (secondary N) is 2. The Morgan fingerprint density at radius 2 is 1.81 bits per heavy atom. The van der Waals surface area contributed by atoms with E-state index in [1.165, 1.54) is 5.01 Å². The third-order valence-corrected chi connectivity index (χ3v) is 6.43. The molecule has 0 spiro atoms. The maximum absolute atomic E-state index is 13.6. The summed E-state index contributed by atoms with van der Waals surface area (Å²) in [6.45, 7) is 8.42. The van der Waals surface area contributed by atoms with E-state index in [-0.39, 0.29) is 30.2 Å². The average molecular weight is 500 g/mol. The second-order valence-electron chi connectivity index (χ2n) is 9.93. The van der Waals surface area contributed by atoms with Crippen LogP contribution >= 0.6 is 0 Å². The van der Waals surface area contributed by atoms with Crippen molar-refractivity contribution in [3.05, 3.63) is 54.6 Å². The molecule has 0 fully saturated rings. The van der Waals surface area contributed by atoms with Crippen LogP contribution in [0.5, 0.6) is 0 Å². The number of aromatic nitrogens is 2. The standard InChI is InChI=1S/C27H41N5O4/c1-5-21(4)17-32(25(33)18-31-15-14-28-19-31)29-26(34)24(16-20(2)3)23(27(35)30-36)13-9-12-22-10-7-6-8-11-22/h6-8,10-11,14-15,19-21,23-24,36H,5,9,12-13,16-18H2,1-4H3,(H,29,34)(H,30,35)/t21-,23-,24+/m0/s1. The van der Waals surface area contributed by atoms with E-state index in [0.29, 0.717) is 25.8 Å². The molecule has 0 bridgehead atoms. The van der Waals surface area contributed by atoms with Gasteiger partial charge in [0.15, 0.2) is 0 Å². The number of hydrogen-bond donors (Lipinski definition) is 3. The van der Waals surface area contributed by atoms with Crippen LogP contribution in [0.1, 0.15) is 58.9 Å². The molecule has 1 aromatic carbocycles. The molecule has 3 atom stereocenters. The summed E-state index contributed by atoms with van der Waals surface area (Å²) in [4.78, 5) is 43.3. The first kappa shape index (κ1) is 29.0. The summed E-state index contributed by atoms with van der Waals surface area (Å²) in [7, 11) is 0. The van der Waals surface area contributed by atoms with Crippen molar-refractivity contribution in [3.63, 3.8) is 0 Å². The van der Waals surface area contributed by atoms with Gasteiger partial charge in [-0.2, -0.15) is 0 Å². The molecule has 2 rings (SSSR count). The van der Waals surface area contributed by atoms with E-state index in [4.69, 9.17) is 0 Å². The Morgan fingerprint density at radius 1 is 1.08 bits per heavy atom. The number of carbonyl (C=O) groups excluding carboxylic acids is 3. The fourth-order valence-electron chi connectivity index (χ4n) is 4.22. The number of rotatable bonds is 14. The molecule has 0 aliphatic rings. The molecule has 3 N–H and O–H groups in total. The van der Waals surface area contributed by atoms with Gasteiger partial charge in [-0.05, 0) is 43.1 Å². The monoisotopic (exact) mass is 499 g/mol. The number of imidazole rings is 1. The summed E-state index contributed by atoms with van der Waals surface area (Å²) in [6, 6.07) is 9.94. The van der Waals surface area contributed by atoms with Gasteiger partial charge in [0.2, 0.25) is 11.8 Å². The highest BCUT2D eigenvalue weighted by molar-refractivity contribution is 5.88. The topological polar surface area (TPSA) is 117 Å². The molecule has 0 saturated carbocycles. The lowest BCUT2D eigenvalue weighted by Crippen LogP contribution is -2.53. The first-order valence-electron chi connectivity index (χ1n) is 12.8. The minimum absolute atomic E-state index is 0.0448. The number of amides is 3. The van der Waals surface area contributed by atoms with E-state index in [0.717, 1.165) is 18.4 Å². The highest BCUT2D eigenvalue weighted by atomic mass is 16.5. The predicted molar refractivity (Wildman–Crippen MR) is 137 cm³/mol. The van der Waals surface area contributed by atoms with Crippen molar-refractivity contribution in [2.24, 2.45) is 23.7 Å². The highest BCUT2D eigenvalue weighted by Crippen LogP contribution is 2.26. The Morgan fingerprint density at radius 3 is 2.39 bits per heavy atom. The minimum atomic E-state index is -0.727. The fourth-order valence-corrected chi connectivity index (χ4v) is 4.22. The number of hydrogen-bond acceptors (Lipinski definition) is 5. The summed E-state index contributed by atoms with van der Waals surface area (Å²) in [5.74, 6) is -2.36. The van der Waals surface area contributed by atoms with Crippen LogP contribution in [0.2, 0.25) is 0 Å². The zero-order chi connectivity index (χ0) is 26.5. The molecule has 0 radical (unpaired) electrons. The van der Waals surface area contributed by atoms with Gasteiger partial charge in [-0.3, -0.25) is 30.0 Å². The van der Waals surface area contributed by atoms with Gasteiger partial charge < -0.3 is 4.57 Å². The van der Waals surface area contributed by atoms with E-state index in [9.17, 15) is 19.6 Å². The first-order valence-corrected chi connectivity index (χ1v) is 12.8. The maximum Gasteiger partial charge on any atom is 0.260 e. The van der Waals surface area contributed by atoms with E-state index < -0.39 is 17.7 Å². The molecule has 0 aliphatic carbocycles. The van der Waals surface area contributed by atoms with Gasteiger partial charge in [0, 0.05) is 18.9 Å². The van der Waals surface area contributed by atoms with Crippen LogP contribution in [0, 0.1) is 23.7 Å². The quantitative estimate of drug-likeness (QED) is 0.271. The molecule has 198 valence electrons. The Bertz CT molecular complexity index is 933. The SMILES string of the molecule is CC[C@H](C)CN(NC(=O)[C@H](CC(C)C)[C@H](CCCc1ccccc1)C(=O)NO)C(=O)Cn1ccnc1. The second kappa shape index (κ2) is 15.0.